The molecule has 0 aliphatic carbocycles. The molecule has 1 fully saturated rings. The third-order valence-electron chi connectivity index (χ3n) is 3.61. The molecule has 0 bridgehead atoms. The smallest absolute Gasteiger partial charge is 0.382 e. The van der Waals surface area contributed by atoms with E-state index in [1.54, 1.807) is 6.07 Å². The molecule has 5 heteroatoms. The minimum atomic E-state index is -4.31. The van der Waals surface area contributed by atoms with Crippen molar-refractivity contribution < 1.29 is 17.9 Å². The first-order chi connectivity index (χ1) is 9.17. The molecule has 0 spiro atoms. The predicted molar refractivity (Wildman–Crippen MR) is 72.9 cm³/mol. The highest BCUT2D eigenvalue weighted by Gasteiger charge is 2.33. The largest absolute Gasteiger partial charge is 0.416 e. The molecule has 0 saturated carbocycles. The number of rotatable bonds is 2. The Balaban J connectivity index is 2.14. The second kappa shape index (κ2) is 5.28. The average molecular weight is 287 g/mol. The van der Waals surface area contributed by atoms with E-state index in [1.165, 1.54) is 19.1 Å². The Kier molecular flexibility index (Phi) is 4.00. The summed E-state index contributed by atoms with van der Waals surface area (Å²) in [6.45, 7) is 6.10. The number of alkyl halides is 3. The third-order valence-corrected chi connectivity index (χ3v) is 3.61. The van der Waals surface area contributed by atoms with Crippen LogP contribution >= 0.6 is 0 Å². The van der Waals surface area contributed by atoms with Crippen LogP contribution in [0.25, 0.3) is 0 Å². The van der Waals surface area contributed by atoms with Gasteiger partial charge in [-0.1, -0.05) is 6.07 Å². The average Bonchev–Trinajstić information content (AvgIpc) is 2.29. The van der Waals surface area contributed by atoms with Gasteiger partial charge >= 0.3 is 6.18 Å². The third kappa shape index (κ3) is 3.66. The van der Waals surface area contributed by atoms with Crippen molar-refractivity contribution in [1.82, 2.24) is 0 Å². The highest BCUT2D eigenvalue weighted by molar-refractivity contribution is 5.50. The Bertz CT molecular complexity index is 482. The lowest BCUT2D eigenvalue weighted by molar-refractivity contribution is -0.138. The Hall–Kier alpha value is -1.23. The second-order valence-electron chi connectivity index (χ2n) is 5.97. The van der Waals surface area contributed by atoms with Gasteiger partial charge in [0.05, 0.1) is 11.2 Å². The summed E-state index contributed by atoms with van der Waals surface area (Å²) in [7, 11) is 0. The number of nitrogens with one attached hydrogen (secondary N) is 1. The highest BCUT2D eigenvalue weighted by Crippen LogP contribution is 2.34. The molecule has 1 aromatic carbocycles. The molecule has 0 radical (unpaired) electrons. The lowest BCUT2D eigenvalue weighted by Gasteiger charge is -2.36. The molecule has 1 aliphatic rings. The number of anilines is 1. The van der Waals surface area contributed by atoms with Crippen molar-refractivity contribution in [2.75, 3.05) is 11.9 Å². The van der Waals surface area contributed by atoms with Crippen molar-refractivity contribution in [3.05, 3.63) is 29.3 Å². The van der Waals surface area contributed by atoms with Gasteiger partial charge in [0.1, 0.15) is 0 Å². The van der Waals surface area contributed by atoms with Gasteiger partial charge in [-0.2, -0.15) is 13.2 Å². The molecule has 1 aromatic rings. The van der Waals surface area contributed by atoms with E-state index in [2.05, 4.69) is 5.32 Å². The molecule has 0 amide bonds. The molecule has 1 N–H and O–H groups in total. The molecular formula is C15H20F3NO. The van der Waals surface area contributed by atoms with E-state index >= 15 is 0 Å². The normalized spacial score (nSPS) is 22.6. The standard InChI is InChI=1S/C15H20F3NO/c1-10-4-5-11(8-13(10)15(16,17)18)19-12-6-7-20-14(2,3)9-12/h4-5,8,12,19H,6-7,9H2,1-3H3. The summed E-state index contributed by atoms with van der Waals surface area (Å²) in [5, 5.41) is 3.20. The van der Waals surface area contributed by atoms with Gasteiger partial charge in [0.25, 0.3) is 0 Å². The van der Waals surface area contributed by atoms with Gasteiger partial charge < -0.3 is 10.1 Å². The van der Waals surface area contributed by atoms with Crippen LogP contribution in [0.4, 0.5) is 18.9 Å². The number of halogens is 3. The molecule has 1 aliphatic heterocycles. The summed E-state index contributed by atoms with van der Waals surface area (Å²) in [5.74, 6) is 0. The predicted octanol–water partition coefficient (Wildman–Crippen LogP) is 4.38. The number of aryl methyl sites for hydroxylation is 1. The number of hydrogen-bond acceptors (Lipinski definition) is 2. The van der Waals surface area contributed by atoms with E-state index in [9.17, 15) is 13.2 Å². The minimum Gasteiger partial charge on any atom is -0.382 e. The number of benzene rings is 1. The van der Waals surface area contributed by atoms with Gasteiger partial charge in [-0.25, -0.2) is 0 Å². The SMILES string of the molecule is Cc1ccc(NC2CCOC(C)(C)C2)cc1C(F)(F)F. The molecule has 2 rings (SSSR count). The van der Waals surface area contributed by atoms with E-state index in [-0.39, 0.29) is 17.2 Å². The fraction of sp³-hybridized carbons (Fsp3) is 0.600. The molecule has 1 saturated heterocycles. The number of hydrogen-bond donors (Lipinski definition) is 1. The monoisotopic (exact) mass is 287 g/mol. The lowest BCUT2D eigenvalue weighted by atomic mass is 9.93. The van der Waals surface area contributed by atoms with E-state index < -0.39 is 11.7 Å². The van der Waals surface area contributed by atoms with Crippen LogP contribution in [0.3, 0.4) is 0 Å². The van der Waals surface area contributed by atoms with Gasteiger partial charge in [-0.05, 0) is 51.3 Å². The maximum atomic E-state index is 12.9. The van der Waals surface area contributed by atoms with Gasteiger partial charge in [0.15, 0.2) is 0 Å². The fourth-order valence-corrected chi connectivity index (χ4v) is 2.61. The summed E-state index contributed by atoms with van der Waals surface area (Å²) >= 11 is 0. The van der Waals surface area contributed by atoms with Crippen LogP contribution in [-0.4, -0.2) is 18.2 Å². The summed E-state index contributed by atoms with van der Waals surface area (Å²) < 4.78 is 44.3. The van der Waals surface area contributed by atoms with Crippen molar-refractivity contribution in [2.45, 2.75) is 51.4 Å². The zero-order chi connectivity index (χ0) is 15.0. The minimum absolute atomic E-state index is 0.141. The van der Waals surface area contributed by atoms with E-state index in [0.29, 0.717) is 12.3 Å². The molecular weight excluding hydrogens is 267 g/mol. The Morgan fingerprint density at radius 3 is 2.60 bits per heavy atom. The van der Waals surface area contributed by atoms with E-state index in [1.807, 2.05) is 13.8 Å². The molecule has 1 unspecified atom stereocenters. The zero-order valence-electron chi connectivity index (χ0n) is 12.0. The maximum absolute atomic E-state index is 12.9. The fourth-order valence-electron chi connectivity index (χ4n) is 2.61. The van der Waals surface area contributed by atoms with Gasteiger partial charge in [0.2, 0.25) is 0 Å². The van der Waals surface area contributed by atoms with Crippen LogP contribution < -0.4 is 5.32 Å². The van der Waals surface area contributed by atoms with Crippen molar-refractivity contribution >= 4 is 5.69 Å². The number of ether oxygens (including phenoxy) is 1. The first-order valence-electron chi connectivity index (χ1n) is 6.76. The van der Waals surface area contributed by atoms with Gasteiger partial charge in [0, 0.05) is 18.3 Å². The summed E-state index contributed by atoms with van der Waals surface area (Å²) in [5.41, 5.74) is -0.0391. The molecule has 1 heterocycles. The Morgan fingerprint density at radius 1 is 1.30 bits per heavy atom. The van der Waals surface area contributed by atoms with Crippen molar-refractivity contribution in [3.8, 4) is 0 Å². The zero-order valence-corrected chi connectivity index (χ0v) is 12.0. The highest BCUT2D eigenvalue weighted by atomic mass is 19.4. The Labute approximate surface area is 117 Å². The second-order valence-corrected chi connectivity index (χ2v) is 5.97. The molecule has 112 valence electrons. The molecule has 0 aromatic heterocycles. The lowest BCUT2D eigenvalue weighted by Crippen LogP contribution is -2.40. The molecule has 2 nitrogen and oxygen atoms in total. The maximum Gasteiger partial charge on any atom is 0.416 e. The van der Waals surface area contributed by atoms with Gasteiger partial charge in [-0.3, -0.25) is 0 Å². The van der Waals surface area contributed by atoms with Crippen LogP contribution in [0.2, 0.25) is 0 Å². The summed E-state index contributed by atoms with van der Waals surface area (Å²) in [6.07, 6.45) is -2.72. The van der Waals surface area contributed by atoms with Crippen molar-refractivity contribution in [1.29, 1.82) is 0 Å². The first-order valence-corrected chi connectivity index (χ1v) is 6.76. The van der Waals surface area contributed by atoms with Crippen LogP contribution in [0.15, 0.2) is 18.2 Å². The van der Waals surface area contributed by atoms with E-state index in [4.69, 9.17) is 4.74 Å². The first kappa shape index (κ1) is 15.2. The van der Waals surface area contributed by atoms with Crippen molar-refractivity contribution in [2.24, 2.45) is 0 Å². The quantitative estimate of drug-likeness (QED) is 0.871. The van der Waals surface area contributed by atoms with Crippen LogP contribution in [0.5, 0.6) is 0 Å². The van der Waals surface area contributed by atoms with Crippen molar-refractivity contribution in [3.63, 3.8) is 0 Å². The Morgan fingerprint density at radius 2 is 2.00 bits per heavy atom. The molecule has 1 atom stereocenters. The molecule has 20 heavy (non-hydrogen) atoms. The van der Waals surface area contributed by atoms with Gasteiger partial charge in [-0.15, -0.1) is 0 Å². The van der Waals surface area contributed by atoms with Crippen LogP contribution in [-0.2, 0) is 10.9 Å². The van der Waals surface area contributed by atoms with Crippen LogP contribution in [0.1, 0.15) is 37.8 Å². The van der Waals surface area contributed by atoms with E-state index in [0.717, 1.165) is 12.8 Å². The summed E-state index contributed by atoms with van der Waals surface area (Å²) in [4.78, 5) is 0. The summed E-state index contributed by atoms with van der Waals surface area (Å²) in [6, 6.07) is 4.54. The van der Waals surface area contributed by atoms with Crippen LogP contribution in [0, 0.1) is 6.92 Å². The topological polar surface area (TPSA) is 21.3 Å².